The van der Waals surface area contributed by atoms with E-state index in [1.165, 1.54) is 0 Å². The molecule has 0 saturated carbocycles. The second kappa shape index (κ2) is 13.7. The summed E-state index contributed by atoms with van der Waals surface area (Å²) in [5.41, 5.74) is 2.39. The molecule has 0 spiro atoms. The van der Waals surface area contributed by atoms with E-state index in [0.29, 0.717) is 59.4 Å². The third kappa shape index (κ3) is 6.85. The van der Waals surface area contributed by atoms with Gasteiger partial charge in [0, 0.05) is 30.0 Å². The number of para-hydroxylation sites is 1. The number of hydrogen-bond donors (Lipinski definition) is 1. The molecule has 2 aliphatic heterocycles. The number of allylic oxidation sites excluding steroid dienone is 2. The van der Waals surface area contributed by atoms with E-state index in [4.69, 9.17) is 23.7 Å². The van der Waals surface area contributed by atoms with Crippen LogP contribution in [0.25, 0.3) is 0 Å². The Morgan fingerprint density at radius 1 is 1.03 bits per heavy atom. The first kappa shape index (κ1) is 28.1. The summed E-state index contributed by atoms with van der Waals surface area (Å²) in [6, 6.07) is 5.37. The molecule has 0 radical (unpaired) electrons. The number of methoxy groups -OCH3 is 1. The van der Waals surface area contributed by atoms with E-state index in [2.05, 4.69) is 22.1 Å². The maximum Gasteiger partial charge on any atom is 0.336 e. The van der Waals surface area contributed by atoms with Crippen molar-refractivity contribution in [2.75, 3.05) is 59.8 Å². The van der Waals surface area contributed by atoms with Crippen molar-refractivity contribution in [3.8, 4) is 23.3 Å². The van der Waals surface area contributed by atoms with E-state index < -0.39 is 17.9 Å². The van der Waals surface area contributed by atoms with Gasteiger partial charge in [0.1, 0.15) is 6.61 Å². The number of benzene rings is 1. The molecule has 1 aromatic rings. The van der Waals surface area contributed by atoms with Gasteiger partial charge in [-0.05, 0) is 33.8 Å². The van der Waals surface area contributed by atoms with Gasteiger partial charge >= 0.3 is 11.9 Å². The minimum absolute atomic E-state index is 0.109. The van der Waals surface area contributed by atoms with Crippen molar-refractivity contribution in [1.82, 2.24) is 10.2 Å². The lowest BCUT2D eigenvalue weighted by Gasteiger charge is -2.31. The summed E-state index contributed by atoms with van der Waals surface area (Å²) in [6.45, 7) is 11.3. The lowest BCUT2D eigenvalue weighted by Crippen LogP contribution is -2.36. The lowest BCUT2D eigenvalue weighted by atomic mass is 9.80. The normalized spacial score (nSPS) is 16.5. The van der Waals surface area contributed by atoms with Crippen LogP contribution in [0, 0.1) is 11.8 Å². The number of hydrogen-bond acceptors (Lipinski definition) is 9. The van der Waals surface area contributed by atoms with Crippen molar-refractivity contribution in [3.05, 3.63) is 46.3 Å². The van der Waals surface area contributed by atoms with Crippen LogP contribution in [0.5, 0.6) is 11.5 Å². The van der Waals surface area contributed by atoms with Gasteiger partial charge in [0.05, 0.1) is 57.1 Å². The predicted molar refractivity (Wildman–Crippen MR) is 138 cm³/mol. The van der Waals surface area contributed by atoms with E-state index in [-0.39, 0.29) is 19.8 Å². The van der Waals surface area contributed by atoms with Crippen molar-refractivity contribution in [2.24, 2.45) is 0 Å². The highest BCUT2D eigenvalue weighted by atomic mass is 16.5. The molecule has 37 heavy (non-hydrogen) atoms. The molecular weight excluding hydrogens is 476 g/mol. The molecule has 1 saturated heterocycles. The van der Waals surface area contributed by atoms with Gasteiger partial charge in [-0.15, -0.1) is 0 Å². The van der Waals surface area contributed by atoms with Crippen LogP contribution in [0.4, 0.5) is 0 Å². The fraction of sp³-hybridized carbons (Fsp3) is 0.500. The molecule has 0 aliphatic carbocycles. The Morgan fingerprint density at radius 3 is 2.22 bits per heavy atom. The summed E-state index contributed by atoms with van der Waals surface area (Å²) >= 11 is 0. The van der Waals surface area contributed by atoms with Gasteiger partial charge in [-0.3, -0.25) is 4.90 Å². The standard InChI is InChI=1S/C28H36N2O7/c1-6-35-27(31)23-19(3)29-20(4)24(28(32)36-7-2)25(23)21-11-10-12-22(33-5)26(21)37-16-9-8-13-30-14-17-34-18-15-30/h10-12,25,29H,6-7,13-18H2,1-5H3. The molecule has 1 fully saturated rings. The molecule has 0 atom stereocenters. The van der Waals surface area contributed by atoms with Crippen molar-refractivity contribution >= 4 is 11.9 Å². The quantitative estimate of drug-likeness (QED) is 0.396. The average molecular weight is 513 g/mol. The number of dihydropyridines is 1. The van der Waals surface area contributed by atoms with Crippen LogP contribution >= 0.6 is 0 Å². The number of ether oxygens (including phenoxy) is 5. The van der Waals surface area contributed by atoms with Gasteiger partial charge in [-0.2, -0.15) is 0 Å². The second-order valence-electron chi connectivity index (χ2n) is 8.49. The van der Waals surface area contributed by atoms with Crippen LogP contribution in [0.1, 0.15) is 39.2 Å². The first-order valence-corrected chi connectivity index (χ1v) is 12.5. The van der Waals surface area contributed by atoms with Crippen LogP contribution in [0.2, 0.25) is 0 Å². The van der Waals surface area contributed by atoms with Gasteiger partial charge in [-0.1, -0.05) is 24.0 Å². The van der Waals surface area contributed by atoms with Crippen LogP contribution < -0.4 is 14.8 Å². The molecule has 1 N–H and O–H groups in total. The Bertz CT molecular complexity index is 1070. The van der Waals surface area contributed by atoms with Gasteiger partial charge < -0.3 is 29.0 Å². The summed E-state index contributed by atoms with van der Waals surface area (Å²) in [4.78, 5) is 28.5. The number of carbonyl (C=O) groups is 2. The maximum atomic E-state index is 13.1. The minimum Gasteiger partial charge on any atom is -0.493 e. The smallest absolute Gasteiger partial charge is 0.336 e. The lowest BCUT2D eigenvalue weighted by molar-refractivity contribution is -0.139. The Hall–Kier alpha value is -3.48. The Morgan fingerprint density at radius 2 is 1.65 bits per heavy atom. The fourth-order valence-corrected chi connectivity index (χ4v) is 4.43. The van der Waals surface area contributed by atoms with Crippen molar-refractivity contribution in [2.45, 2.75) is 33.6 Å². The number of nitrogens with one attached hydrogen (secondary N) is 1. The molecular formula is C28H36N2O7. The Labute approximate surface area is 218 Å². The number of carbonyl (C=O) groups excluding carboxylic acids is 2. The maximum absolute atomic E-state index is 13.1. The first-order valence-electron chi connectivity index (χ1n) is 12.5. The molecule has 3 rings (SSSR count). The van der Waals surface area contributed by atoms with Crippen molar-refractivity contribution < 1.29 is 33.3 Å². The van der Waals surface area contributed by atoms with Gasteiger partial charge in [0.2, 0.25) is 0 Å². The predicted octanol–water partition coefficient (Wildman–Crippen LogP) is 2.77. The number of morpholine rings is 1. The molecule has 0 aromatic heterocycles. The molecule has 2 heterocycles. The molecule has 0 bridgehead atoms. The first-order chi connectivity index (χ1) is 17.9. The zero-order valence-corrected chi connectivity index (χ0v) is 22.3. The van der Waals surface area contributed by atoms with Crippen molar-refractivity contribution in [3.63, 3.8) is 0 Å². The molecule has 9 nitrogen and oxygen atoms in total. The second-order valence-corrected chi connectivity index (χ2v) is 8.49. The molecule has 2 aliphatic rings. The summed E-state index contributed by atoms with van der Waals surface area (Å²) in [5, 5.41) is 3.15. The summed E-state index contributed by atoms with van der Waals surface area (Å²) in [5.74, 6) is 5.24. The zero-order chi connectivity index (χ0) is 26.8. The number of esters is 2. The van der Waals surface area contributed by atoms with Gasteiger partial charge in [0.25, 0.3) is 0 Å². The largest absolute Gasteiger partial charge is 0.493 e. The summed E-state index contributed by atoms with van der Waals surface area (Å²) in [7, 11) is 1.54. The molecule has 9 heteroatoms. The zero-order valence-electron chi connectivity index (χ0n) is 22.3. The van der Waals surface area contributed by atoms with E-state index in [0.717, 1.165) is 13.1 Å². The Balaban J connectivity index is 2.00. The molecule has 200 valence electrons. The summed E-state index contributed by atoms with van der Waals surface area (Å²) < 4.78 is 27.9. The molecule has 1 aromatic carbocycles. The highest BCUT2D eigenvalue weighted by Crippen LogP contribution is 2.45. The summed E-state index contributed by atoms with van der Waals surface area (Å²) in [6.07, 6.45) is 0. The molecule has 0 unspecified atom stereocenters. The Kier molecular flexibility index (Phi) is 10.4. The highest BCUT2D eigenvalue weighted by molar-refractivity contribution is 6.00. The van der Waals surface area contributed by atoms with E-state index in [1.54, 1.807) is 46.9 Å². The SMILES string of the molecule is CCOC(=O)C1=C(C)NC(C)=C(C(=O)OCC)C1c1cccc(OC)c1OCC#CCN1CCOCC1. The van der Waals surface area contributed by atoms with Crippen LogP contribution in [-0.4, -0.2) is 76.6 Å². The van der Waals surface area contributed by atoms with Crippen LogP contribution in [-0.2, 0) is 23.8 Å². The molecule has 0 amide bonds. The minimum atomic E-state index is -0.786. The van der Waals surface area contributed by atoms with Gasteiger partial charge in [-0.25, -0.2) is 9.59 Å². The number of nitrogens with zero attached hydrogens (tertiary/aromatic N) is 1. The van der Waals surface area contributed by atoms with Crippen molar-refractivity contribution in [1.29, 1.82) is 0 Å². The third-order valence-corrected chi connectivity index (χ3v) is 6.11. The fourth-order valence-electron chi connectivity index (χ4n) is 4.43. The van der Waals surface area contributed by atoms with Gasteiger partial charge in [0.15, 0.2) is 11.5 Å². The average Bonchev–Trinajstić information content (AvgIpc) is 2.88. The van der Waals surface area contributed by atoms with E-state index >= 15 is 0 Å². The highest BCUT2D eigenvalue weighted by Gasteiger charge is 2.40. The van der Waals surface area contributed by atoms with Crippen LogP contribution in [0.15, 0.2) is 40.7 Å². The van der Waals surface area contributed by atoms with E-state index in [1.807, 2.05) is 6.07 Å². The van der Waals surface area contributed by atoms with Crippen LogP contribution in [0.3, 0.4) is 0 Å². The monoisotopic (exact) mass is 512 g/mol. The topological polar surface area (TPSA) is 95.6 Å². The third-order valence-electron chi connectivity index (χ3n) is 6.11. The van der Waals surface area contributed by atoms with E-state index in [9.17, 15) is 9.59 Å². The number of rotatable bonds is 9.